The van der Waals surface area contributed by atoms with Crippen LogP contribution >= 0.6 is 0 Å². The van der Waals surface area contributed by atoms with Gasteiger partial charge in [0.1, 0.15) is 0 Å². The predicted octanol–water partition coefficient (Wildman–Crippen LogP) is 4.47. The van der Waals surface area contributed by atoms with Crippen LogP contribution < -0.4 is 9.64 Å². The number of benzene rings is 2. The van der Waals surface area contributed by atoms with Gasteiger partial charge in [-0.05, 0) is 59.2 Å². The van der Waals surface area contributed by atoms with Crippen LogP contribution in [0.25, 0.3) is 22.5 Å². The molecule has 36 heavy (non-hydrogen) atoms. The van der Waals surface area contributed by atoms with Crippen molar-refractivity contribution in [2.75, 3.05) is 24.6 Å². The monoisotopic (exact) mass is 491 g/mol. The number of piperidine rings is 1. The third-order valence-corrected chi connectivity index (χ3v) is 6.44. The van der Waals surface area contributed by atoms with Crippen LogP contribution in [-0.4, -0.2) is 49.9 Å². The van der Waals surface area contributed by atoms with Crippen LogP contribution in [0.4, 0.5) is 14.7 Å². The number of aryl methyl sites for hydroxylation is 2. The molecule has 4 aromatic rings. The standard InChI is InChI=1S/C26H27F2N7O/c1-3-17-14-29-26(30-15-17)35-10-8-18(9-11-35)16-36-24-22(27)12-21(13-23(24)28)19-4-6-20(7-5-19)25-31-33-34(2)32-25/h4-7,12-15,18H,3,8-11,16H2,1-2H3. The maximum Gasteiger partial charge on any atom is 0.225 e. The third-order valence-electron chi connectivity index (χ3n) is 6.44. The molecule has 5 rings (SSSR count). The number of hydrogen-bond donors (Lipinski definition) is 0. The SMILES string of the molecule is CCc1cnc(N2CCC(COc3c(F)cc(-c4ccc(-c5nnn(C)n5)cc4)cc3F)CC2)nc1. The van der Waals surface area contributed by atoms with Crippen molar-refractivity contribution in [3.63, 3.8) is 0 Å². The smallest absolute Gasteiger partial charge is 0.225 e. The molecule has 2 aromatic carbocycles. The van der Waals surface area contributed by atoms with Crippen LogP contribution in [0.5, 0.6) is 5.75 Å². The van der Waals surface area contributed by atoms with Gasteiger partial charge in [-0.2, -0.15) is 4.80 Å². The molecule has 0 radical (unpaired) electrons. The van der Waals surface area contributed by atoms with E-state index in [9.17, 15) is 8.78 Å². The number of tetrazole rings is 1. The maximum absolute atomic E-state index is 14.8. The van der Waals surface area contributed by atoms with Crippen molar-refractivity contribution in [2.24, 2.45) is 13.0 Å². The lowest BCUT2D eigenvalue weighted by Crippen LogP contribution is -2.36. The Morgan fingerprint density at radius 3 is 2.17 bits per heavy atom. The largest absolute Gasteiger partial charge is 0.487 e. The summed E-state index contributed by atoms with van der Waals surface area (Å²) in [6.07, 6.45) is 6.30. The normalized spacial score (nSPS) is 14.3. The van der Waals surface area contributed by atoms with Gasteiger partial charge in [0.2, 0.25) is 11.8 Å². The molecule has 10 heteroatoms. The van der Waals surface area contributed by atoms with E-state index in [-0.39, 0.29) is 18.3 Å². The molecule has 2 aromatic heterocycles. The average Bonchev–Trinajstić information content (AvgIpc) is 3.35. The van der Waals surface area contributed by atoms with E-state index >= 15 is 0 Å². The van der Waals surface area contributed by atoms with Gasteiger partial charge in [-0.1, -0.05) is 31.2 Å². The summed E-state index contributed by atoms with van der Waals surface area (Å²) in [6, 6.07) is 9.73. The summed E-state index contributed by atoms with van der Waals surface area (Å²) in [5, 5.41) is 11.9. The first-order chi connectivity index (χ1) is 17.5. The number of hydrogen-bond acceptors (Lipinski definition) is 7. The molecule has 0 N–H and O–H groups in total. The molecule has 8 nitrogen and oxygen atoms in total. The molecular weight excluding hydrogens is 464 g/mol. The summed E-state index contributed by atoms with van der Waals surface area (Å²) >= 11 is 0. The lowest BCUT2D eigenvalue weighted by molar-refractivity contribution is 0.207. The minimum atomic E-state index is -0.716. The second-order valence-corrected chi connectivity index (χ2v) is 8.94. The summed E-state index contributed by atoms with van der Waals surface area (Å²) in [4.78, 5) is 12.4. The second-order valence-electron chi connectivity index (χ2n) is 8.94. The first-order valence-electron chi connectivity index (χ1n) is 12.0. The van der Waals surface area contributed by atoms with Crippen molar-refractivity contribution in [3.05, 3.63) is 66.0 Å². The van der Waals surface area contributed by atoms with Gasteiger partial charge in [-0.15, -0.1) is 10.2 Å². The Kier molecular flexibility index (Phi) is 6.84. The highest BCUT2D eigenvalue weighted by Gasteiger charge is 2.23. The summed E-state index contributed by atoms with van der Waals surface area (Å²) in [5.41, 5.74) is 2.98. The zero-order valence-electron chi connectivity index (χ0n) is 20.2. The van der Waals surface area contributed by atoms with E-state index in [1.54, 1.807) is 31.3 Å². The number of halogens is 2. The first-order valence-corrected chi connectivity index (χ1v) is 12.0. The molecule has 0 unspecified atom stereocenters. The van der Waals surface area contributed by atoms with Crippen molar-refractivity contribution < 1.29 is 13.5 Å². The fraction of sp³-hybridized carbons (Fsp3) is 0.346. The Labute approximate surface area is 208 Å². The summed E-state index contributed by atoms with van der Waals surface area (Å²) in [6.45, 7) is 3.89. The topological polar surface area (TPSA) is 81.9 Å². The van der Waals surface area contributed by atoms with Crippen molar-refractivity contribution in [1.82, 2.24) is 30.2 Å². The zero-order valence-corrected chi connectivity index (χ0v) is 20.2. The summed E-state index contributed by atoms with van der Waals surface area (Å²) in [7, 11) is 1.68. The highest BCUT2D eigenvalue weighted by atomic mass is 19.1. The molecule has 186 valence electrons. The Bertz CT molecular complexity index is 1290. The second kappa shape index (κ2) is 10.3. The Balaban J connectivity index is 1.19. The van der Waals surface area contributed by atoms with Crippen LogP contribution in [0.1, 0.15) is 25.3 Å². The van der Waals surface area contributed by atoms with Gasteiger partial charge < -0.3 is 9.64 Å². The van der Waals surface area contributed by atoms with Crippen LogP contribution in [0.3, 0.4) is 0 Å². The minimum absolute atomic E-state index is 0.205. The third kappa shape index (κ3) is 5.17. The van der Waals surface area contributed by atoms with Gasteiger partial charge in [-0.3, -0.25) is 0 Å². The van der Waals surface area contributed by atoms with E-state index in [1.165, 1.54) is 16.9 Å². The number of ether oxygens (including phenoxy) is 1. The number of rotatable bonds is 7. The Hall–Kier alpha value is -3.95. The maximum atomic E-state index is 14.8. The molecule has 3 heterocycles. The molecular formula is C26H27F2N7O. The van der Waals surface area contributed by atoms with Gasteiger partial charge in [-0.25, -0.2) is 18.7 Å². The molecule has 1 aliphatic heterocycles. The molecule has 0 aliphatic carbocycles. The fourth-order valence-electron chi connectivity index (χ4n) is 4.27. The van der Waals surface area contributed by atoms with Crippen LogP contribution in [0.15, 0.2) is 48.8 Å². The fourth-order valence-corrected chi connectivity index (χ4v) is 4.27. The lowest BCUT2D eigenvalue weighted by atomic mass is 9.98. The first kappa shape index (κ1) is 23.8. The van der Waals surface area contributed by atoms with Crippen LogP contribution in [0.2, 0.25) is 0 Å². The Morgan fingerprint density at radius 1 is 0.944 bits per heavy atom. The van der Waals surface area contributed by atoms with E-state index in [0.29, 0.717) is 17.0 Å². The van der Waals surface area contributed by atoms with Crippen molar-refractivity contribution >= 4 is 5.95 Å². The quantitative estimate of drug-likeness (QED) is 0.377. The molecule has 1 aliphatic rings. The van der Waals surface area contributed by atoms with E-state index in [0.717, 1.165) is 49.4 Å². The Morgan fingerprint density at radius 2 is 1.58 bits per heavy atom. The van der Waals surface area contributed by atoms with E-state index in [4.69, 9.17) is 4.74 Å². The van der Waals surface area contributed by atoms with Gasteiger partial charge in [0.15, 0.2) is 17.4 Å². The molecule has 0 bridgehead atoms. The summed E-state index contributed by atoms with van der Waals surface area (Å²) < 4.78 is 35.3. The minimum Gasteiger partial charge on any atom is -0.487 e. The van der Waals surface area contributed by atoms with E-state index in [2.05, 4.69) is 37.2 Å². The number of anilines is 1. The van der Waals surface area contributed by atoms with Gasteiger partial charge in [0.25, 0.3) is 0 Å². The molecule has 1 fully saturated rings. The molecule has 0 spiro atoms. The zero-order chi connectivity index (χ0) is 25.1. The predicted molar refractivity (Wildman–Crippen MR) is 131 cm³/mol. The molecule has 0 amide bonds. The highest BCUT2D eigenvalue weighted by Crippen LogP contribution is 2.31. The van der Waals surface area contributed by atoms with E-state index in [1.807, 2.05) is 12.4 Å². The molecule has 1 saturated heterocycles. The lowest BCUT2D eigenvalue weighted by Gasteiger charge is -2.31. The molecule has 0 saturated carbocycles. The van der Waals surface area contributed by atoms with Crippen molar-refractivity contribution in [3.8, 4) is 28.3 Å². The number of nitrogens with zero attached hydrogens (tertiary/aromatic N) is 7. The highest BCUT2D eigenvalue weighted by molar-refractivity contribution is 5.68. The molecule has 0 atom stereocenters. The van der Waals surface area contributed by atoms with Crippen molar-refractivity contribution in [2.45, 2.75) is 26.2 Å². The van der Waals surface area contributed by atoms with E-state index < -0.39 is 11.6 Å². The summed E-state index contributed by atoms with van der Waals surface area (Å²) in [5.74, 6) is -0.354. The van der Waals surface area contributed by atoms with Gasteiger partial charge >= 0.3 is 0 Å². The van der Waals surface area contributed by atoms with Gasteiger partial charge in [0, 0.05) is 31.0 Å². The average molecular weight is 492 g/mol. The number of aromatic nitrogens is 6. The van der Waals surface area contributed by atoms with Crippen LogP contribution in [0, 0.1) is 17.6 Å². The van der Waals surface area contributed by atoms with Crippen molar-refractivity contribution in [1.29, 1.82) is 0 Å². The van der Waals surface area contributed by atoms with Crippen LogP contribution in [-0.2, 0) is 13.5 Å². The van der Waals surface area contributed by atoms with Gasteiger partial charge in [0.05, 0.1) is 13.7 Å².